The van der Waals surface area contributed by atoms with Gasteiger partial charge < -0.3 is 9.80 Å². The van der Waals surface area contributed by atoms with Crippen LogP contribution in [0.15, 0.2) is 0 Å². The van der Waals surface area contributed by atoms with Gasteiger partial charge in [-0.2, -0.15) is 12.6 Å². The summed E-state index contributed by atoms with van der Waals surface area (Å²) < 4.78 is 0. The minimum Gasteiger partial charge on any atom is -0.339 e. The molecule has 3 nitrogen and oxygen atoms in total. The van der Waals surface area contributed by atoms with Gasteiger partial charge in [-0.25, -0.2) is 0 Å². The fraction of sp³-hybridized carbons (Fsp3) is 0.889. The third-order valence-corrected chi connectivity index (χ3v) is 2.71. The van der Waals surface area contributed by atoms with Crippen LogP contribution in [0.2, 0.25) is 0 Å². The minimum absolute atomic E-state index is 0.159. The third-order valence-electron chi connectivity index (χ3n) is 2.49. The Morgan fingerprint density at radius 1 is 1.38 bits per heavy atom. The van der Waals surface area contributed by atoms with Crippen LogP contribution in [0.25, 0.3) is 0 Å². The van der Waals surface area contributed by atoms with Crippen molar-refractivity contribution in [1.82, 2.24) is 9.80 Å². The van der Waals surface area contributed by atoms with Gasteiger partial charge in [0.1, 0.15) is 0 Å². The van der Waals surface area contributed by atoms with E-state index in [2.05, 4.69) is 24.5 Å². The van der Waals surface area contributed by atoms with Crippen molar-refractivity contribution in [3.8, 4) is 0 Å². The van der Waals surface area contributed by atoms with Gasteiger partial charge in [-0.05, 0) is 13.5 Å². The minimum atomic E-state index is -0.159. The van der Waals surface area contributed by atoms with Crippen LogP contribution in [0.3, 0.4) is 0 Å². The predicted molar refractivity (Wildman–Crippen MR) is 57.1 cm³/mol. The number of carbonyl (C=O) groups excluding carboxylic acids is 1. The molecule has 0 saturated carbocycles. The first-order valence-electron chi connectivity index (χ1n) is 4.84. The molecule has 0 bridgehead atoms. The molecule has 1 heterocycles. The molecule has 0 N–H and O–H groups in total. The van der Waals surface area contributed by atoms with Gasteiger partial charge >= 0.3 is 0 Å². The molecular weight excluding hydrogens is 184 g/mol. The quantitative estimate of drug-likeness (QED) is 0.658. The Kier molecular flexibility index (Phi) is 4.06. The molecule has 1 saturated heterocycles. The Balaban J connectivity index is 2.36. The molecule has 1 atom stereocenters. The van der Waals surface area contributed by atoms with Gasteiger partial charge in [0.25, 0.3) is 0 Å². The van der Waals surface area contributed by atoms with Crippen LogP contribution in [0.4, 0.5) is 0 Å². The highest BCUT2D eigenvalue weighted by molar-refractivity contribution is 7.81. The summed E-state index contributed by atoms with van der Waals surface area (Å²) in [5.41, 5.74) is 0. The highest BCUT2D eigenvalue weighted by Gasteiger charge is 2.21. The first kappa shape index (κ1) is 10.9. The zero-order valence-electron chi connectivity index (χ0n) is 8.36. The number of carbonyl (C=O) groups is 1. The zero-order chi connectivity index (χ0) is 9.84. The van der Waals surface area contributed by atoms with E-state index in [-0.39, 0.29) is 11.2 Å². The Bertz CT molecular complexity index is 176. The van der Waals surface area contributed by atoms with Gasteiger partial charge in [-0.15, -0.1) is 0 Å². The van der Waals surface area contributed by atoms with Crippen LogP contribution in [-0.2, 0) is 4.79 Å². The van der Waals surface area contributed by atoms with E-state index in [0.29, 0.717) is 0 Å². The summed E-state index contributed by atoms with van der Waals surface area (Å²) in [7, 11) is 0. The average Bonchev–Trinajstić information content (AvgIpc) is 2.17. The number of hydrogen-bond donors (Lipinski definition) is 1. The maximum Gasteiger partial charge on any atom is 0.235 e. The molecular formula is C9H18N2OS. The number of nitrogens with zero attached hydrogens (tertiary/aromatic N) is 2. The van der Waals surface area contributed by atoms with Crippen molar-refractivity contribution in [3.63, 3.8) is 0 Å². The van der Waals surface area contributed by atoms with E-state index in [1.54, 1.807) is 0 Å². The summed E-state index contributed by atoms with van der Waals surface area (Å²) in [6, 6.07) is 0. The molecule has 0 aromatic rings. The smallest absolute Gasteiger partial charge is 0.235 e. The van der Waals surface area contributed by atoms with E-state index in [1.807, 2.05) is 11.8 Å². The van der Waals surface area contributed by atoms with Crippen molar-refractivity contribution in [2.75, 3.05) is 32.7 Å². The van der Waals surface area contributed by atoms with E-state index < -0.39 is 0 Å². The molecule has 1 rings (SSSR count). The number of hydrogen-bond acceptors (Lipinski definition) is 3. The third kappa shape index (κ3) is 2.88. The molecule has 1 aliphatic heterocycles. The Hall–Kier alpha value is -0.220. The fourth-order valence-corrected chi connectivity index (χ4v) is 1.71. The number of piperazine rings is 1. The maximum atomic E-state index is 11.5. The van der Waals surface area contributed by atoms with E-state index in [9.17, 15) is 4.79 Å². The Morgan fingerprint density at radius 3 is 2.31 bits per heavy atom. The van der Waals surface area contributed by atoms with Crippen molar-refractivity contribution >= 4 is 18.5 Å². The Labute approximate surface area is 85.5 Å². The van der Waals surface area contributed by atoms with Crippen LogP contribution in [-0.4, -0.2) is 53.7 Å². The summed E-state index contributed by atoms with van der Waals surface area (Å²) in [6.07, 6.45) is 0. The number of thiol groups is 1. The molecule has 0 aromatic carbocycles. The van der Waals surface area contributed by atoms with Gasteiger partial charge in [-0.3, -0.25) is 4.79 Å². The molecule has 13 heavy (non-hydrogen) atoms. The summed E-state index contributed by atoms with van der Waals surface area (Å²) in [6.45, 7) is 8.79. The summed E-state index contributed by atoms with van der Waals surface area (Å²) >= 11 is 4.14. The molecule has 1 aliphatic rings. The molecule has 0 radical (unpaired) electrons. The summed E-state index contributed by atoms with van der Waals surface area (Å²) in [5, 5.41) is -0.159. The zero-order valence-corrected chi connectivity index (χ0v) is 9.26. The van der Waals surface area contributed by atoms with Gasteiger partial charge in [0.15, 0.2) is 0 Å². The Morgan fingerprint density at radius 2 is 1.92 bits per heavy atom. The first-order chi connectivity index (χ1) is 6.15. The lowest BCUT2D eigenvalue weighted by atomic mass is 10.3. The van der Waals surface area contributed by atoms with Crippen LogP contribution >= 0.6 is 12.6 Å². The van der Waals surface area contributed by atoms with E-state index in [1.165, 1.54) is 0 Å². The van der Waals surface area contributed by atoms with E-state index in [4.69, 9.17) is 0 Å². The number of amides is 1. The van der Waals surface area contributed by atoms with Crippen molar-refractivity contribution in [1.29, 1.82) is 0 Å². The predicted octanol–water partition coefficient (Wildman–Crippen LogP) is 0.469. The van der Waals surface area contributed by atoms with Crippen molar-refractivity contribution in [3.05, 3.63) is 0 Å². The van der Waals surface area contributed by atoms with E-state index >= 15 is 0 Å². The van der Waals surface area contributed by atoms with Gasteiger partial charge in [-0.1, -0.05) is 6.92 Å². The monoisotopic (exact) mass is 202 g/mol. The van der Waals surface area contributed by atoms with Crippen molar-refractivity contribution in [2.24, 2.45) is 0 Å². The lowest BCUT2D eigenvalue weighted by molar-refractivity contribution is -0.131. The first-order valence-corrected chi connectivity index (χ1v) is 5.36. The van der Waals surface area contributed by atoms with Gasteiger partial charge in [0.05, 0.1) is 5.25 Å². The molecule has 0 aromatic heterocycles. The van der Waals surface area contributed by atoms with Crippen molar-refractivity contribution in [2.45, 2.75) is 19.1 Å². The molecule has 1 unspecified atom stereocenters. The lowest BCUT2D eigenvalue weighted by Gasteiger charge is -2.34. The van der Waals surface area contributed by atoms with E-state index in [0.717, 1.165) is 32.7 Å². The second-order valence-corrected chi connectivity index (χ2v) is 4.21. The highest BCUT2D eigenvalue weighted by Crippen LogP contribution is 2.06. The molecule has 1 fully saturated rings. The highest BCUT2D eigenvalue weighted by atomic mass is 32.1. The van der Waals surface area contributed by atoms with Crippen LogP contribution in [0.5, 0.6) is 0 Å². The number of likely N-dealkylation sites (N-methyl/N-ethyl adjacent to an activating group) is 1. The maximum absolute atomic E-state index is 11.5. The standard InChI is InChI=1S/C9H18N2OS/c1-3-10-4-6-11(7-5-10)9(12)8(2)13/h8,13H,3-7H2,1-2H3. The lowest BCUT2D eigenvalue weighted by Crippen LogP contribution is -2.50. The summed E-state index contributed by atoms with van der Waals surface area (Å²) in [4.78, 5) is 15.8. The van der Waals surface area contributed by atoms with Crippen LogP contribution in [0, 0.1) is 0 Å². The average molecular weight is 202 g/mol. The molecule has 0 spiro atoms. The van der Waals surface area contributed by atoms with Crippen molar-refractivity contribution < 1.29 is 4.79 Å². The second kappa shape index (κ2) is 4.86. The molecule has 76 valence electrons. The van der Waals surface area contributed by atoms with Gasteiger partial charge in [0, 0.05) is 26.2 Å². The molecule has 0 aliphatic carbocycles. The van der Waals surface area contributed by atoms with Crippen LogP contribution in [0.1, 0.15) is 13.8 Å². The molecule has 1 amide bonds. The topological polar surface area (TPSA) is 23.6 Å². The largest absolute Gasteiger partial charge is 0.339 e. The second-order valence-electron chi connectivity index (χ2n) is 3.44. The molecule has 4 heteroatoms. The van der Waals surface area contributed by atoms with Crippen LogP contribution < -0.4 is 0 Å². The fourth-order valence-electron chi connectivity index (χ4n) is 1.55. The normalized spacial score (nSPS) is 21.6. The SMILES string of the molecule is CCN1CCN(C(=O)C(C)S)CC1. The van der Waals surface area contributed by atoms with Gasteiger partial charge in [0.2, 0.25) is 5.91 Å². The summed E-state index contributed by atoms with van der Waals surface area (Å²) in [5.74, 6) is 0.166. The number of rotatable bonds is 2.